The number of nitrogens with zero attached hydrogens (tertiary/aromatic N) is 5. The molecule has 1 aromatic carbocycles. The summed E-state index contributed by atoms with van der Waals surface area (Å²) < 4.78 is 0. The van der Waals surface area contributed by atoms with Gasteiger partial charge in [-0.25, -0.2) is 9.97 Å². The highest BCUT2D eigenvalue weighted by molar-refractivity contribution is 5.78. The topological polar surface area (TPSA) is 52.6 Å². The Morgan fingerprint density at radius 2 is 1.83 bits per heavy atom. The summed E-state index contributed by atoms with van der Waals surface area (Å²) in [6.45, 7) is 3.86. The average molecular weight is 394 g/mol. The molecule has 154 valence electrons. The minimum atomic E-state index is 0.339. The van der Waals surface area contributed by atoms with Crippen LogP contribution >= 0.6 is 0 Å². The van der Waals surface area contributed by atoms with Crippen molar-refractivity contribution < 1.29 is 4.79 Å². The number of anilines is 2. The predicted molar refractivity (Wildman–Crippen MR) is 117 cm³/mol. The monoisotopic (exact) mass is 393 g/mol. The van der Waals surface area contributed by atoms with Gasteiger partial charge >= 0.3 is 0 Å². The maximum Gasteiger partial charge on any atom is 0.225 e. The Balaban J connectivity index is 1.34. The highest BCUT2D eigenvalue weighted by Gasteiger charge is 2.24. The molecule has 0 N–H and O–H groups in total. The first-order valence-corrected chi connectivity index (χ1v) is 10.7. The van der Waals surface area contributed by atoms with E-state index < -0.39 is 0 Å². The molecule has 1 aromatic heterocycles. The fraction of sp³-hybridized carbons (Fsp3) is 0.522. The SMILES string of the molecule is CN(C)c1ccc(-c2ccnc(N3CCC(CCN4CCCC4=O)CC3)n2)cc1. The molecular weight excluding hydrogens is 362 g/mol. The zero-order valence-electron chi connectivity index (χ0n) is 17.5. The molecular formula is C23H31N5O. The van der Waals surface area contributed by atoms with Gasteiger partial charge in [0, 0.05) is 64.1 Å². The lowest BCUT2D eigenvalue weighted by atomic mass is 9.93. The molecule has 2 fully saturated rings. The molecule has 2 saturated heterocycles. The number of amides is 1. The van der Waals surface area contributed by atoms with Gasteiger partial charge in [0.25, 0.3) is 0 Å². The van der Waals surface area contributed by atoms with Crippen LogP contribution in [0.15, 0.2) is 36.5 Å². The van der Waals surface area contributed by atoms with Gasteiger partial charge in [0.2, 0.25) is 11.9 Å². The van der Waals surface area contributed by atoms with Gasteiger partial charge in [0.15, 0.2) is 0 Å². The van der Waals surface area contributed by atoms with Gasteiger partial charge in [-0.05, 0) is 49.8 Å². The summed E-state index contributed by atoms with van der Waals surface area (Å²) in [5, 5.41) is 0. The predicted octanol–water partition coefficient (Wildman–Crippen LogP) is 3.44. The van der Waals surface area contributed by atoms with E-state index in [2.05, 4.69) is 39.0 Å². The van der Waals surface area contributed by atoms with Crippen LogP contribution in [0.25, 0.3) is 11.3 Å². The minimum Gasteiger partial charge on any atom is -0.378 e. The lowest BCUT2D eigenvalue weighted by molar-refractivity contribution is -0.127. The molecule has 6 nitrogen and oxygen atoms in total. The summed E-state index contributed by atoms with van der Waals surface area (Å²) >= 11 is 0. The maximum absolute atomic E-state index is 11.8. The van der Waals surface area contributed by atoms with Crippen LogP contribution in [0.5, 0.6) is 0 Å². The number of aromatic nitrogens is 2. The normalized spacial score (nSPS) is 17.8. The molecule has 3 heterocycles. The Morgan fingerprint density at radius 1 is 1.07 bits per heavy atom. The molecule has 29 heavy (non-hydrogen) atoms. The summed E-state index contributed by atoms with van der Waals surface area (Å²) in [5.41, 5.74) is 3.26. The Bertz CT molecular complexity index is 827. The fourth-order valence-corrected chi connectivity index (χ4v) is 4.29. The lowest BCUT2D eigenvalue weighted by Crippen LogP contribution is -2.36. The van der Waals surface area contributed by atoms with Crippen molar-refractivity contribution in [1.29, 1.82) is 0 Å². The second kappa shape index (κ2) is 8.80. The Hall–Kier alpha value is -2.63. The number of carbonyl (C=O) groups is 1. The van der Waals surface area contributed by atoms with Gasteiger partial charge in [-0.2, -0.15) is 0 Å². The summed E-state index contributed by atoms with van der Waals surface area (Å²) in [4.78, 5) is 27.6. The number of benzene rings is 1. The van der Waals surface area contributed by atoms with Crippen LogP contribution in [0, 0.1) is 5.92 Å². The molecule has 1 amide bonds. The Morgan fingerprint density at radius 3 is 2.48 bits per heavy atom. The van der Waals surface area contributed by atoms with E-state index >= 15 is 0 Å². The fourth-order valence-electron chi connectivity index (χ4n) is 4.29. The first-order chi connectivity index (χ1) is 14.1. The van der Waals surface area contributed by atoms with E-state index in [9.17, 15) is 4.79 Å². The molecule has 0 atom stereocenters. The molecule has 0 bridgehead atoms. The summed E-state index contributed by atoms with van der Waals surface area (Å²) in [6, 6.07) is 10.5. The molecule has 0 unspecified atom stereocenters. The van der Waals surface area contributed by atoms with Crippen LogP contribution in [-0.2, 0) is 4.79 Å². The van der Waals surface area contributed by atoms with Gasteiger partial charge < -0.3 is 14.7 Å². The van der Waals surface area contributed by atoms with E-state index in [1.165, 1.54) is 5.69 Å². The molecule has 2 aliphatic heterocycles. The molecule has 4 rings (SSSR count). The first kappa shape index (κ1) is 19.7. The van der Waals surface area contributed by atoms with Crippen LogP contribution in [-0.4, -0.2) is 61.0 Å². The highest BCUT2D eigenvalue weighted by atomic mass is 16.2. The second-order valence-corrected chi connectivity index (χ2v) is 8.39. The number of carbonyl (C=O) groups excluding carboxylic acids is 1. The summed E-state index contributed by atoms with van der Waals surface area (Å²) in [5.74, 6) is 1.86. The van der Waals surface area contributed by atoms with Crippen molar-refractivity contribution >= 4 is 17.5 Å². The molecule has 0 aliphatic carbocycles. The van der Waals surface area contributed by atoms with Crippen molar-refractivity contribution in [3.63, 3.8) is 0 Å². The lowest BCUT2D eigenvalue weighted by Gasteiger charge is -2.32. The van der Waals surface area contributed by atoms with Gasteiger partial charge in [0.05, 0.1) is 5.69 Å². The molecule has 6 heteroatoms. The van der Waals surface area contributed by atoms with Crippen LogP contribution < -0.4 is 9.80 Å². The van der Waals surface area contributed by atoms with Gasteiger partial charge in [-0.3, -0.25) is 4.79 Å². The minimum absolute atomic E-state index is 0.339. The van der Waals surface area contributed by atoms with E-state index in [4.69, 9.17) is 4.98 Å². The van der Waals surface area contributed by atoms with Crippen molar-refractivity contribution in [3.8, 4) is 11.3 Å². The molecule has 2 aliphatic rings. The third-order valence-electron chi connectivity index (χ3n) is 6.20. The third-order valence-corrected chi connectivity index (χ3v) is 6.20. The largest absolute Gasteiger partial charge is 0.378 e. The number of likely N-dealkylation sites (tertiary alicyclic amines) is 1. The number of hydrogen-bond donors (Lipinski definition) is 0. The number of hydrogen-bond acceptors (Lipinski definition) is 5. The van der Waals surface area contributed by atoms with Gasteiger partial charge in [-0.15, -0.1) is 0 Å². The Labute approximate surface area is 173 Å². The molecule has 0 spiro atoms. The average Bonchev–Trinajstić information content (AvgIpc) is 3.17. The van der Waals surface area contributed by atoms with E-state index in [1.807, 2.05) is 31.3 Å². The number of piperidine rings is 1. The zero-order chi connectivity index (χ0) is 20.2. The van der Waals surface area contributed by atoms with E-state index in [-0.39, 0.29) is 0 Å². The number of rotatable bonds is 6. The van der Waals surface area contributed by atoms with Crippen molar-refractivity contribution in [2.75, 3.05) is 50.1 Å². The smallest absolute Gasteiger partial charge is 0.225 e. The highest BCUT2D eigenvalue weighted by Crippen LogP contribution is 2.26. The van der Waals surface area contributed by atoms with Crippen molar-refractivity contribution in [1.82, 2.24) is 14.9 Å². The summed E-state index contributed by atoms with van der Waals surface area (Å²) in [7, 11) is 4.09. The first-order valence-electron chi connectivity index (χ1n) is 10.7. The summed E-state index contributed by atoms with van der Waals surface area (Å²) in [6.07, 6.45) is 7.05. The zero-order valence-corrected chi connectivity index (χ0v) is 17.5. The van der Waals surface area contributed by atoms with Crippen LogP contribution in [0.4, 0.5) is 11.6 Å². The maximum atomic E-state index is 11.8. The van der Waals surface area contributed by atoms with Crippen LogP contribution in [0.2, 0.25) is 0 Å². The van der Waals surface area contributed by atoms with Crippen LogP contribution in [0.1, 0.15) is 32.1 Å². The third kappa shape index (κ3) is 4.69. The molecule has 2 aromatic rings. The van der Waals surface area contributed by atoms with E-state index in [0.717, 1.165) is 75.5 Å². The van der Waals surface area contributed by atoms with Crippen LogP contribution in [0.3, 0.4) is 0 Å². The molecule has 0 saturated carbocycles. The van der Waals surface area contributed by atoms with Gasteiger partial charge in [0.1, 0.15) is 0 Å². The van der Waals surface area contributed by atoms with Gasteiger partial charge in [-0.1, -0.05) is 12.1 Å². The molecule has 0 radical (unpaired) electrons. The van der Waals surface area contributed by atoms with Crippen molar-refractivity contribution in [3.05, 3.63) is 36.5 Å². The second-order valence-electron chi connectivity index (χ2n) is 8.39. The van der Waals surface area contributed by atoms with Crippen molar-refractivity contribution in [2.24, 2.45) is 5.92 Å². The Kier molecular flexibility index (Phi) is 5.97. The van der Waals surface area contributed by atoms with E-state index in [0.29, 0.717) is 11.8 Å². The quantitative estimate of drug-likeness (QED) is 0.753. The van der Waals surface area contributed by atoms with E-state index in [1.54, 1.807) is 0 Å². The van der Waals surface area contributed by atoms with Crippen molar-refractivity contribution in [2.45, 2.75) is 32.1 Å². The standard InChI is InChI=1S/C23H31N5O/c1-26(2)20-7-5-19(6-8-20)21-9-13-24-23(25-21)28-16-11-18(12-17-28)10-15-27-14-3-4-22(27)29/h5-9,13,18H,3-4,10-12,14-17H2,1-2H3.